The molecule has 7 nitrogen and oxygen atoms in total. The molecule has 1 aromatic heterocycles. The molecule has 8 heteroatoms. The van der Waals surface area contributed by atoms with Gasteiger partial charge >= 0.3 is 5.97 Å². The van der Waals surface area contributed by atoms with E-state index < -0.39 is 5.97 Å². The predicted molar refractivity (Wildman–Crippen MR) is 118 cm³/mol. The van der Waals surface area contributed by atoms with Gasteiger partial charge in [-0.05, 0) is 69.2 Å². The summed E-state index contributed by atoms with van der Waals surface area (Å²) in [6, 6.07) is 1.88. The van der Waals surface area contributed by atoms with Crippen LogP contribution in [0.3, 0.4) is 0 Å². The van der Waals surface area contributed by atoms with Gasteiger partial charge in [-0.1, -0.05) is 11.6 Å². The number of nitrogens with zero attached hydrogens (tertiary/aromatic N) is 2. The van der Waals surface area contributed by atoms with E-state index in [9.17, 15) is 9.59 Å². The van der Waals surface area contributed by atoms with E-state index >= 15 is 0 Å². The summed E-state index contributed by atoms with van der Waals surface area (Å²) in [7, 11) is 0. The van der Waals surface area contributed by atoms with Gasteiger partial charge in [-0.3, -0.25) is 4.79 Å². The molecular formula is C22H31ClN4O3. The lowest BCUT2D eigenvalue weighted by atomic mass is 9.81. The summed E-state index contributed by atoms with van der Waals surface area (Å²) in [6.07, 6.45) is 9.50. The van der Waals surface area contributed by atoms with Crippen LogP contribution in [0.15, 0.2) is 18.3 Å². The first-order valence-electron chi connectivity index (χ1n) is 10.8. The van der Waals surface area contributed by atoms with Crippen LogP contribution in [0.1, 0.15) is 44.6 Å². The lowest BCUT2D eigenvalue weighted by Crippen LogP contribution is -2.38. The average Bonchev–Trinajstić information content (AvgIpc) is 3.22. The van der Waals surface area contributed by atoms with Crippen LogP contribution in [0, 0.1) is 11.8 Å². The molecule has 1 saturated heterocycles. The molecule has 3 N–H and O–H groups in total. The third-order valence-electron chi connectivity index (χ3n) is 5.93. The summed E-state index contributed by atoms with van der Waals surface area (Å²) in [4.78, 5) is 30.6. The van der Waals surface area contributed by atoms with Crippen molar-refractivity contribution in [2.75, 3.05) is 31.6 Å². The van der Waals surface area contributed by atoms with Crippen LogP contribution in [0.25, 0.3) is 6.08 Å². The maximum absolute atomic E-state index is 12.9. The largest absolute Gasteiger partial charge is 0.463 e. The van der Waals surface area contributed by atoms with E-state index in [-0.39, 0.29) is 17.9 Å². The second-order valence-corrected chi connectivity index (χ2v) is 8.46. The number of anilines is 1. The van der Waals surface area contributed by atoms with Gasteiger partial charge in [0, 0.05) is 37.3 Å². The minimum Gasteiger partial charge on any atom is -0.463 e. The Morgan fingerprint density at radius 2 is 2.10 bits per heavy atom. The molecule has 1 amide bonds. The number of esters is 1. The molecule has 0 unspecified atom stereocenters. The van der Waals surface area contributed by atoms with Crippen molar-refractivity contribution in [1.82, 2.24) is 9.88 Å². The number of halogens is 1. The highest BCUT2D eigenvalue weighted by Crippen LogP contribution is 2.31. The Hall–Kier alpha value is -2.12. The molecule has 3 rings (SSSR count). The van der Waals surface area contributed by atoms with Gasteiger partial charge in [-0.25, -0.2) is 9.78 Å². The molecule has 0 radical (unpaired) electrons. The summed E-state index contributed by atoms with van der Waals surface area (Å²) in [5, 5.41) is 3.83. The van der Waals surface area contributed by atoms with Crippen molar-refractivity contribution in [1.29, 1.82) is 0 Å². The number of nitrogens with one attached hydrogen (secondary N) is 1. The van der Waals surface area contributed by atoms with Gasteiger partial charge < -0.3 is 20.7 Å². The van der Waals surface area contributed by atoms with Crippen LogP contribution in [-0.4, -0.2) is 54.0 Å². The molecular weight excluding hydrogens is 404 g/mol. The average molecular weight is 435 g/mol. The van der Waals surface area contributed by atoms with Crippen LogP contribution in [-0.2, 0) is 14.3 Å². The molecule has 1 saturated carbocycles. The van der Waals surface area contributed by atoms with Gasteiger partial charge in [0.1, 0.15) is 5.82 Å². The van der Waals surface area contributed by atoms with Crippen LogP contribution in [0.5, 0.6) is 0 Å². The Morgan fingerprint density at radius 1 is 1.33 bits per heavy atom. The third-order valence-corrected chi connectivity index (χ3v) is 6.22. The fourth-order valence-corrected chi connectivity index (χ4v) is 4.41. The molecule has 1 aromatic rings. The van der Waals surface area contributed by atoms with Crippen molar-refractivity contribution in [3.8, 4) is 0 Å². The zero-order valence-electron chi connectivity index (χ0n) is 17.5. The van der Waals surface area contributed by atoms with E-state index in [1.165, 1.54) is 6.08 Å². The second kappa shape index (κ2) is 10.8. The molecule has 1 aliphatic carbocycles. The number of aromatic nitrogens is 1. The van der Waals surface area contributed by atoms with E-state index in [0.717, 1.165) is 50.8 Å². The monoisotopic (exact) mass is 434 g/mol. The van der Waals surface area contributed by atoms with Crippen LogP contribution in [0.2, 0.25) is 5.02 Å². The predicted octanol–water partition coefficient (Wildman–Crippen LogP) is 3.09. The van der Waals surface area contributed by atoms with Gasteiger partial charge in [0.25, 0.3) is 0 Å². The zero-order valence-corrected chi connectivity index (χ0v) is 18.2. The number of carbonyl (C=O) groups is 2. The molecule has 0 spiro atoms. The first kappa shape index (κ1) is 22.6. The van der Waals surface area contributed by atoms with E-state index in [0.29, 0.717) is 29.9 Å². The lowest BCUT2D eigenvalue weighted by molar-refractivity contribution is -0.137. The maximum Gasteiger partial charge on any atom is 0.330 e. The van der Waals surface area contributed by atoms with Gasteiger partial charge in [-0.15, -0.1) is 0 Å². The third kappa shape index (κ3) is 5.95. The number of pyridine rings is 1. The molecule has 2 aliphatic rings. The molecule has 2 fully saturated rings. The van der Waals surface area contributed by atoms with Crippen LogP contribution in [0.4, 0.5) is 5.82 Å². The van der Waals surface area contributed by atoms with Crippen LogP contribution >= 0.6 is 11.6 Å². The van der Waals surface area contributed by atoms with E-state index in [1.54, 1.807) is 25.3 Å². The molecule has 2 heterocycles. The highest BCUT2D eigenvalue weighted by atomic mass is 35.5. The number of ether oxygens (including phenoxy) is 1. The lowest BCUT2D eigenvalue weighted by Gasteiger charge is -2.30. The summed E-state index contributed by atoms with van der Waals surface area (Å²) in [5.74, 6) is 1.17. The van der Waals surface area contributed by atoms with Gasteiger partial charge in [0.15, 0.2) is 0 Å². The molecule has 0 bridgehead atoms. The first-order valence-corrected chi connectivity index (χ1v) is 11.1. The summed E-state index contributed by atoms with van der Waals surface area (Å²) < 4.78 is 4.86. The molecule has 1 aliphatic heterocycles. The zero-order chi connectivity index (χ0) is 21.5. The van der Waals surface area contributed by atoms with E-state index in [4.69, 9.17) is 22.1 Å². The number of carbonyl (C=O) groups excluding carboxylic acids is 2. The minimum absolute atomic E-state index is 0.125. The highest BCUT2D eigenvalue weighted by molar-refractivity contribution is 6.33. The van der Waals surface area contributed by atoms with Crippen molar-refractivity contribution in [3.63, 3.8) is 0 Å². The second-order valence-electron chi connectivity index (χ2n) is 8.05. The molecule has 30 heavy (non-hydrogen) atoms. The number of amides is 1. The Balaban J connectivity index is 1.51. The Labute approximate surface area is 183 Å². The summed E-state index contributed by atoms with van der Waals surface area (Å²) >= 11 is 6.37. The van der Waals surface area contributed by atoms with Gasteiger partial charge in [0.05, 0.1) is 11.6 Å². The SMILES string of the molecule is CCOC(=O)C=Cc1cnc(N[C@@H]2CCN(C(=O)C3CCC(CN)CC3)C2)c(Cl)c1. The van der Waals surface area contributed by atoms with Gasteiger partial charge in [0.2, 0.25) is 5.91 Å². The Kier molecular flexibility index (Phi) is 8.10. The number of likely N-dealkylation sites (tertiary alicyclic amines) is 1. The fraction of sp³-hybridized carbons (Fsp3) is 0.591. The van der Waals surface area contributed by atoms with E-state index in [2.05, 4.69) is 10.3 Å². The quantitative estimate of drug-likeness (QED) is 0.505. The molecule has 1 atom stereocenters. The summed E-state index contributed by atoms with van der Waals surface area (Å²) in [6.45, 7) is 4.24. The van der Waals surface area contributed by atoms with Crippen LogP contribution < -0.4 is 11.1 Å². The number of nitrogens with two attached hydrogens (primary N) is 1. The Bertz CT molecular complexity index is 778. The standard InChI is InChI=1S/C22H31ClN4O3/c1-2-30-20(28)8-5-16-11-19(23)21(25-13-16)26-18-9-10-27(14-18)22(29)17-6-3-15(12-24)4-7-17/h5,8,11,13,15,17-18H,2-4,6-7,9-10,12,14,24H2,1H3,(H,25,26)/t15?,17?,18-/m1/s1. The smallest absolute Gasteiger partial charge is 0.330 e. The van der Waals surface area contributed by atoms with Crippen molar-refractivity contribution in [3.05, 3.63) is 28.9 Å². The van der Waals surface area contributed by atoms with Crippen molar-refractivity contribution < 1.29 is 14.3 Å². The van der Waals surface area contributed by atoms with Crippen molar-refractivity contribution in [2.24, 2.45) is 17.6 Å². The van der Waals surface area contributed by atoms with Crippen molar-refractivity contribution in [2.45, 2.75) is 45.1 Å². The maximum atomic E-state index is 12.9. The van der Waals surface area contributed by atoms with E-state index in [1.807, 2.05) is 4.90 Å². The number of rotatable bonds is 7. The fourth-order valence-electron chi connectivity index (χ4n) is 4.18. The number of hydrogen-bond acceptors (Lipinski definition) is 6. The minimum atomic E-state index is -0.400. The first-order chi connectivity index (χ1) is 14.5. The van der Waals surface area contributed by atoms with Gasteiger partial charge in [-0.2, -0.15) is 0 Å². The summed E-state index contributed by atoms with van der Waals surface area (Å²) in [5.41, 5.74) is 6.48. The molecule has 164 valence electrons. The molecule has 0 aromatic carbocycles. The normalized spacial score (nSPS) is 24.2. The number of hydrogen-bond donors (Lipinski definition) is 2. The Morgan fingerprint density at radius 3 is 2.77 bits per heavy atom. The van der Waals surface area contributed by atoms with Crippen molar-refractivity contribution >= 4 is 35.4 Å². The topological polar surface area (TPSA) is 97.5 Å². The highest BCUT2D eigenvalue weighted by Gasteiger charge is 2.33.